The first-order valence-electron chi connectivity index (χ1n) is 17.1. The number of hydrogen-bond donors (Lipinski definition) is 6. The second-order valence-electron chi connectivity index (χ2n) is 13.8. The number of ether oxygens (including phenoxy) is 2. The number of carbonyl (C=O) groups is 1. The lowest BCUT2D eigenvalue weighted by atomic mass is 9.58. The lowest BCUT2D eigenvalue weighted by Crippen LogP contribution is -2.51. The van der Waals surface area contributed by atoms with Crippen molar-refractivity contribution < 1.29 is 39.8 Å². The number of aryl methyl sites for hydroxylation is 2. The van der Waals surface area contributed by atoms with Crippen molar-refractivity contribution in [1.82, 2.24) is 9.97 Å². The van der Waals surface area contributed by atoms with Gasteiger partial charge in [0.1, 0.15) is 11.6 Å². The van der Waals surface area contributed by atoms with Gasteiger partial charge >= 0.3 is 0 Å². The monoisotopic (exact) mass is 686 g/mol. The number of aromatic nitrogens is 2. The van der Waals surface area contributed by atoms with Gasteiger partial charge in [-0.25, -0.2) is 4.98 Å². The summed E-state index contributed by atoms with van der Waals surface area (Å²) in [5.41, 5.74) is 8.08. The summed E-state index contributed by atoms with van der Waals surface area (Å²) in [4.78, 5) is 23.5. The Hall–Kier alpha value is -4.74. The van der Waals surface area contributed by atoms with Gasteiger partial charge in [-0.3, -0.25) is 4.79 Å². The average Bonchev–Trinajstić information content (AvgIpc) is 3.73. The number of pyridine rings is 1. The average molecular weight is 687 g/mol. The number of anilines is 1. The zero-order valence-corrected chi connectivity index (χ0v) is 28.8. The van der Waals surface area contributed by atoms with E-state index in [0.717, 1.165) is 11.3 Å². The summed E-state index contributed by atoms with van der Waals surface area (Å²) in [6.45, 7) is 4.27. The van der Waals surface area contributed by atoms with Crippen molar-refractivity contribution in [3.8, 4) is 28.7 Å². The number of ketones is 1. The molecule has 11 heteroatoms. The second-order valence-corrected chi connectivity index (χ2v) is 13.8. The van der Waals surface area contributed by atoms with Crippen LogP contribution >= 0.6 is 0 Å². The fourth-order valence-corrected chi connectivity index (χ4v) is 7.57. The molecular weight excluding hydrogens is 638 g/mol. The van der Waals surface area contributed by atoms with Gasteiger partial charge in [0.2, 0.25) is 5.75 Å². The van der Waals surface area contributed by atoms with Crippen molar-refractivity contribution in [3.05, 3.63) is 89.4 Å². The van der Waals surface area contributed by atoms with Gasteiger partial charge < -0.3 is 45.7 Å². The number of Topliss-reactive ketones (excluding diaryl/α,β-unsaturated/α-hetero) is 1. The van der Waals surface area contributed by atoms with Gasteiger partial charge in [0.25, 0.3) is 0 Å². The Balaban J connectivity index is 1.54. The van der Waals surface area contributed by atoms with Crippen LogP contribution in [-0.4, -0.2) is 62.2 Å². The van der Waals surface area contributed by atoms with Gasteiger partial charge in [0.15, 0.2) is 23.0 Å². The molecule has 7 N–H and O–H groups in total. The van der Waals surface area contributed by atoms with Gasteiger partial charge in [0, 0.05) is 18.0 Å². The van der Waals surface area contributed by atoms with Gasteiger partial charge in [-0.2, -0.15) is 11.9 Å². The number of aliphatic hydroxyl groups excluding tert-OH is 2. The molecule has 0 aliphatic heterocycles. The van der Waals surface area contributed by atoms with Gasteiger partial charge in [0.05, 0.1) is 31.8 Å². The number of phenolic OH excluding ortho intramolecular Hbond substituents is 3. The van der Waals surface area contributed by atoms with Crippen molar-refractivity contribution in [2.24, 2.45) is 17.8 Å². The molecule has 0 amide bonds. The number of nitrogens with zero attached hydrogens (tertiary/aromatic N) is 2. The molecular formula is C39H48N3O8-. The molecule has 2 aromatic heterocycles. The first-order chi connectivity index (χ1) is 23.9. The number of nitrogens with two attached hydrogens (primary N) is 1. The van der Waals surface area contributed by atoms with Crippen LogP contribution in [0.25, 0.3) is 0 Å². The third kappa shape index (κ3) is 8.00. The van der Waals surface area contributed by atoms with Gasteiger partial charge in [-0.05, 0) is 103 Å². The van der Waals surface area contributed by atoms with Crippen LogP contribution in [0.3, 0.4) is 0 Å². The molecule has 1 saturated carbocycles. The van der Waals surface area contributed by atoms with Crippen LogP contribution in [0, 0.1) is 17.8 Å². The predicted octanol–water partition coefficient (Wildman–Crippen LogP) is 4.84. The standard InChI is InChI=1S/C39H48N3O8/c1-23(2)22-50-35-19-25(17-33(47)38(35)48)8-11-32(46)37(31(45)10-7-24-6-9-30(44)34(18-24)49-3)39(26-13-16-42-36(40)20-26)14-12-29(43)28(39)21-27-5-4-15-41-27/h4-6,9,13,15-20,23,28-29,31,37,43-45,47-48H,7-8,10-12,14,21-22H2,1-3H3,(H2,40,42)/q-1/t28-,29+,31-,37-,39-/m1/s1. The van der Waals surface area contributed by atoms with Crippen LogP contribution in [0.4, 0.5) is 5.82 Å². The molecule has 4 aromatic rings. The quantitative estimate of drug-likeness (QED) is 0.0885. The second kappa shape index (κ2) is 15.9. The maximum atomic E-state index is 14.8. The molecule has 0 saturated heterocycles. The van der Waals surface area contributed by atoms with E-state index in [9.17, 15) is 30.3 Å². The summed E-state index contributed by atoms with van der Waals surface area (Å²) in [6, 6.07) is 15.3. The number of aromatic hydroxyl groups is 3. The number of benzene rings is 2. The number of aliphatic hydroxyl groups is 2. The maximum absolute atomic E-state index is 14.8. The summed E-state index contributed by atoms with van der Waals surface area (Å²) < 4.78 is 11.0. The Morgan fingerprint density at radius 3 is 2.52 bits per heavy atom. The summed E-state index contributed by atoms with van der Waals surface area (Å²) in [5.74, 6) is -1.49. The number of phenols is 3. The number of methoxy groups -OCH3 is 1. The molecule has 0 radical (unpaired) electrons. The summed E-state index contributed by atoms with van der Waals surface area (Å²) in [5, 5.41) is 54.8. The Morgan fingerprint density at radius 2 is 1.82 bits per heavy atom. The number of carbonyl (C=O) groups excluding carboxylic acids is 1. The Bertz CT molecular complexity index is 1740. The smallest absolute Gasteiger partial charge is 0.200 e. The van der Waals surface area contributed by atoms with E-state index in [1.165, 1.54) is 19.2 Å². The van der Waals surface area contributed by atoms with Crippen LogP contribution < -0.4 is 20.2 Å². The highest BCUT2D eigenvalue weighted by Crippen LogP contribution is 2.54. The third-order valence-corrected chi connectivity index (χ3v) is 9.95. The fourth-order valence-electron chi connectivity index (χ4n) is 7.57. The van der Waals surface area contributed by atoms with Crippen LogP contribution in [0.1, 0.15) is 61.9 Å². The minimum absolute atomic E-state index is 0.000943. The largest absolute Gasteiger partial charge is 0.668 e. The molecule has 1 aliphatic carbocycles. The number of rotatable bonds is 16. The molecule has 50 heavy (non-hydrogen) atoms. The zero-order chi connectivity index (χ0) is 36.0. The van der Waals surface area contributed by atoms with Gasteiger partial charge in [-0.1, -0.05) is 32.0 Å². The van der Waals surface area contributed by atoms with Gasteiger partial charge in [-0.15, -0.1) is 0 Å². The van der Waals surface area contributed by atoms with E-state index in [2.05, 4.69) is 9.97 Å². The third-order valence-electron chi connectivity index (χ3n) is 9.95. The highest BCUT2D eigenvalue weighted by atomic mass is 16.5. The van der Waals surface area contributed by atoms with Crippen molar-refractivity contribution in [2.45, 2.75) is 76.4 Å². The number of nitrogen functional groups attached to an aromatic ring is 1. The minimum Gasteiger partial charge on any atom is -0.668 e. The van der Waals surface area contributed by atoms with E-state index in [0.29, 0.717) is 49.2 Å². The Labute approximate surface area is 292 Å². The van der Waals surface area contributed by atoms with E-state index >= 15 is 0 Å². The van der Waals surface area contributed by atoms with E-state index in [1.807, 2.05) is 32.0 Å². The fraction of sp³-hybridized carbons (Fsp3) is 0.436. The maximum Gasteiger partial charge on any atom is 0.200 e. The topological polar surface area (TPSA) is 190 Å². The summed E-state index contributed by atoms with van der Waals surface area (Å²) in [7, 11) is 1.47. The minimum atomic E-state index is -1.14. The first-order valence-corrected chi connectivity index (χ1v) is 17.1. The van der Waals surface area contributed by atoms with Crippen molar-refractivity contribution in [1.29, 1.82) is 0 Å². The highest BCUT2D eigenvalue weighted by molar-refractivity contribution is 5.84. The molecule has 11 nitrogen and oxygen atoms in total. The molecule has 5 rings (SSSR count). The Kier molecular flexibility index (Phi) is 11.6. The first kappa shape index (κ1) is 36.5. The van der Waals surface area contributed by atoms with E-state index in [4.69, 9.17) is 15.2 Å². The lowest BCUT2D eigenvalue weighted by Gasteiger charge is -2.45. The van der Waals surface area contributed by atoms with E-state index < -0.39 is 29.5 Å². The molecule has 0 unspecified atom stereocenters. The molecule has 0 bridgehead atoms. The zero-order valence-electron chi connectivity index (χ0n) is 28.8. The van der Waals surface area contributed by atoms with Crippen LogP contribution in [0.2, 0.25) is 0 Å². The molecule has 1 aliphatic rings. The molecule has 5 atom stereocenters. The molecule has 2 heterocycles. The highest BCUT2D eigenvalue weighted by Gasteiger charge is 2.57. The predicted molar refractivity (Wildman–Crippen MR) is 188 cm³/mol. The number of hydrogen-bond acceptors (Lipinski definition) is 10. The normalized spacial score (nSPS) is 20.1. The van der Waals surface area contributed by atoms with Crippen LogP contribution in [0.15, 0.2) is 67.0 Å². The molecule has 0 spiro atoms. The van der Waals surface area contributed by atoms with Crippen molar-refractivity contribution >= 4 is 11.6 Å². The molecule has 2 aromatic carbocycles. The Morgan fingerprint density at radius 1 is 1.04 bits per heavy atom. The van der Waals surface area contributed by atoms with Crippen LogP contribution in [0.5, 0.6) is 28.7 Å². The van der Waals surface area contributed by atoms with Crippen LogP contribution in [-0.2, 0) is 29.5 Å². The van der Waals surface area contributed by atoms with Crippen molar-refractivity contribution in [3.63, 3.8) is 0 Å². The summed E-state index contributed by atoms with van der Waals surface area (Å²) in [6.07, 6.45) is 3.35. The molecule has 1 fully saturated rings. The van der Waals surface area contributed by atoms with E-state index in [-0.39, 0.29) is 59.8 Å². The SMILES string of the molecule is COc1cc(CC[C@@H](O)[C@H](C(=O)CCc2cc(O)c(O)c(OCC(C)C)c2)[C@@]2(c3ccnc(N)c3)CC[C@H](O)[C@H]2Cc2ccc[n-]2)ccc1O. The summed E-state index contributed by atoms with van der Waals surface area (Å²) >= 11 is 0. The molecule has 268 valence electrons. The van der Waals surface area contributed by atoms with E-state index in [1.54, 1.807) is 36.7 Å². The van der Waals surface area contributed by atoms with Crippen molar-refractivity contribution in [2.75, 3.05) is 19.5 Å². The lowest BCUT2D eigenvalue weighted by molar-refractivity contribution is -0.132.